The number of thiocarbonyl (C=S) groups is 1. The Hall–Kier alpha value is -5.21. The first-order valence-electron chi connectivity index (χ1n) is 13.1. The highest BCUT2D eigenvalue weighted by Crippen LogP contribution is 2.33. The molecule has 4 rings (SSSR count). The van der Waals surface area contributed by atoms with Crippen molar-refractivity contribution in [1.29, 1.82) is 5.26 Å². The van der Waals surface area contributed by atoms with Crippen LogP contribution in [0.3, 0.4) is 0 Å². The third-order valence-corrected chi connectivity index (χ3v) is 6.32. The minimum absolute atomic E-state index is 0.224. The number of esters is 1. The molecule has 3 aromatic rings. The first-order chi connectivity index (χ1) is 20.4. The standard InChI is InChI=1S/C31H29N5O5S/c1-3-39-30(38)28-20(2)34-31(42)35-29(28)25-9-4-5-10-26(25)41-19-27(37)36-33-17-23-7-6-8-24(15-23)40-18-22-13-11-21(16-32)12-14-22/h4-15,17,29H,3,18-19H2,1-2H3,(H,36,37)(H2,34,35,42)/t29-/m0/s1. The molecule has 0 aliphatic carbocycles. The van der Waals surface area contributed by atoms with Crippen molar-refractivity contribution < 1.29 is 23.8 Å². The van der Waals surface area contributed by atoms with Crippen molar-refractivity contribution in [2.45, 2.75) is 26.5 Å². The highest BCUT2D eigenvalue weighted by Gasteiger charge is 2.32. The number of para-hydroxylation sites is 1. The summed E-state index contributed by atoms with van der Waals surface area (Å²) in [5, 5.41) is 19.4. The number of hydrogen-bond donors (Lipinski definition) is 3. The maximum Gasteiger partial charge on any atom is 0.338 e. The SMILES string of the molecule is CCOC(=O)C1=C(C)NC(=S)N[C@H]1c1ccccc1OCC(=O)NN=Cc1cccc(OCc2ccc(C#N)cc2)c1. The first kappa shape index (κ1) is 29.8. The number of hydrogen-bond acceptors (Lipinski definition) is 8. The zero-order valence-corrected chi connectivity index (χ0v) is 23.9. The van der Waals surface area contributed by atoms with Gasteiger partial charge < -0.3 is 24.8 Å². The Morgan fingerprint density at radius 3 is 2.64 bits per heavy atom. The number of nitrogens with zero attached hydrogens (tertiary/aromatic N) is 2. The van der Waals surface area contributed by atoms with Gasteiger partial charge in [-0.3, -0.25) is 4.79 Å². The van der Waals surface area contributed by atoms with Crippen LogP contribution in [0.25, 0.3) is 0 Å². The topological polar surface area (TPSA) is 134 Å². The monoisotopic (exact) mass is 583 g/mol. The molecule has 0 saturated carbocycles. The van der Waals surface area contributed by atoms with E-state index in [1.165, 1.54) is 6.21 Å². The lowest BCUT2D eigenvalue weighted by molar-refractivity contribution is -0.139. The molecule has 3 N–H and O–H groups in total. The Morgan fingerprint density at radius 1 is 1.10 bits per heavy atom. The normalized spacial score (nSPS) is 14.4. The summed E-state index contributed by atoms with van der Waals surface area (Å²) in [4.78, 5) is 25.2. The van der Waals surface area contributed by atoms with Gasteiger partial charge in [0.25, 0.3) is 5.91 Å². The van der Waals surface area contributed by atoms with E-state index in [4.69, 9.17) is 31.7 Å². The van der Waals surface area contributed by atoms with E-state index in [0.717, 1.165) is 11.1 Å². The van der Waals surface area contributed by atoms with E-state index in [1.807, 2.05) is 30.3 Å². The Kier molecular flexibility index (Phi) is 10.2. The number of allylic oxidation sites excluding steroid dienone is 1. The van der Waals surface area contributed by atoms with E-state index in [2.05, 4.69) is 27.2 Å². The molecule has 1 amide bonds. The van der Waals surface area contributed by atoms with Crippen LogP contribution in [-0.2, 0) is 20.9 Å². The predicted molar refractivity (Wildman–Crippen MR) is 161 cm³/mol. The number of nitrogens with one attached hydrogen (secondary N) is 3. The molecule has 0 saturated heterocycles. The van der Waals surface area contributed by atoms with Gasteiger partial charge in [0.1, 0.15) is 18.1 Å². The molecular formula is C31H29N5O5S. The van der Waals surface area contributed by atoms with Crippen molar-refractivity contribution in [3.05, 3.63) is 106 Å². The van der Waals surface area contributed by atoms with Crippen LogP contribution in [0.2, 0.25) is 0 Å². The Balaban J connectivity index is 1.35. The molecule has 0 unspecified atom stereocenters. The predicted octanol–water partition coefficient (Wildman–Crippen LogP) is 4.02. The Morgan fingerprint density at radius 2 is 1.88 bits per heavy atom. The molecular weight excluding hydrogens is 554 g/mol. The van der Waals surface area contributed by atoms with Crippen LogP contribution < -0.4 is 25.5 Å². The molecule has 0 radical (unpaired) electrons. The molecule has 0 aromatic heterocycles. The van der Waals surface area contributed by atoms with E-state index in [-0.39, 0.29) is 13.2 Å². The molecule has 11 heteroatoms. The fraction of sp³-hybridized carbons (Fsp3) is 0.194. The Labute approximate surface area is 249 Å². The number of nitriles is 1. The van der Waals surface area contributed by atoms with Crippen molar-refractivity contribution in [2.24, 2.45) is 5.10 Å². The number of amides is 1. The maximum absolute atomic E-state index is 12.7. The van der Waals surface area contributed by atoms with Crippen molar-refractivity contribution in [2.75, 3.05) is 13.2 Å². The van der Waals surface area contributed by atoms with Crippen molar-refractivity contribution in [1.82, 2.24) is 16.1 Å². The summed E-state index contributed by atoms with van der Waals surface area (Å²) >= 11 is 5.31. The highest BCUT2D eigenvalue weighted by atomic mass is 32.1. The molecule has 0 fully saturated rings. The van der Waals surface area contributed by atoms with Crippen LogP contribution in [0.15, 0.2) is 89.2 Å². The summed E-state index contributed by atoms with van der Waals surface area (Å²) in [5.41, 5.74) is 6.28. The fourth-order valence-electron chi connectivity index (χ4n) is 4.14. The van der Waals surface area contributed by atoms with E-state index < -0.39 is 17.9 Å². The fourth-order valence-corrected chi connectivity index (χ4v) is 4.41. The van der Waals surface area contributed by atoms with Gasteiger partial charge in [0.15, 0.2) is 11.7 Å². The van der Waals surface area contributed by atoms with Crippen LogP contribution in [0.1, 0.15) is 42.1 Å². The molecule has 214 valence electrons. The molecule has 0 spiro atoms. The molecule has 1 aliphatic heterocycles. The van der Waals surface area contributed by atoms with Crippen LogP contribution >= 0.6 is 12.2 Å². The van der Waals surface area contributed by atoms with E-state index in [1.54, 1.807) is 56.3 Å². The number of ether oxygens (including phenoxy) is 3. The number of hydrazone groups is 1. The summed E-state index contributed by atoms with van der Waals surface area (Å²) < 4.78 is 16.9. The van der Waals surface area contributed by atoms with Crippen LogP contribution in [0, 0.1) is 11.3 Å². The lowest BCUT2D eigenvalue weighted by atomic mass is 9.95. The first-order valence-corrected chi connectivity index (χ1v) is 13.5. The average molecular weight is 584 g/mol. The smallest absolute Gasteiger partial charge is 0.338 e. The second kappa shape index (κ2) is 14.4. The summed E-state index contributed by atoms with van der Waals surface area (Å²) in [6, 6.07) is 23.0. The van der Waals surface area contributed by atoms with Crippen LogP contribution in [0.4, 0.5) is 0 Å². The lowest BCUT2D eigenvalue weighted by Crippen LogP contribution is -2.45. The zero-order chi connectivity index (χ0) is 29.9. The second-order valence-corrected chi connectivity index (χ2v) is 9.49. The maximum atomic E-state index is 12.7. The third-order valence-electron chi connectivity index (χ3n) is 6.10. The minimum atomic E-state index is -0.624. The summed E-state index contributed by atoms with van der Waals surface area (Å²) in [6.07, 6.45) is 1.50. The van der Waals surface area contributed by atoms with Crippen LogP contribution in [-0.4, -0.2) is 36.4 Å². The van der Waals surface area contributed by atoms with E-state index in [0.29, 0.717) is 45.6 Å². The van der Waals surface area contributed by atoms with Gasteiger partial charge in [-0.25, -0.2) is 10.2 Å². The van der Waals surface area contributed by atoms with Crippen molar-refractivity contribution >= 4 is 35.4 Å². The van der Waals surface area contributed by atoms with Gasteiger partial charge in [-0.2, -0.15) is 10.4 Å². The zero-order valence-electron chi connectivity index (χ0n) is 23.0. The highest BCUT2D eigenvalue weighted by molar-refractivity contribution is 7.80. The molecule has 1 aliphatic rings. The minimum Gasteiger partial charge on any atom is -0.489 e. The van der Waals surface area contributed by atoms with Crippen molar-refractivity contribution in [3.63, 3.8) is 0 Å². The third kappa shape index (κ3) is 7.93. The lowest BCUT2D eigenvalue weighted by Gasteiger charge is -2.30. The van der Waals surface area contributed by atoms with Gasteiger partial charge in [0, 0.05) is 11.3 Å². The van der Waals surface area contributed by atoms with Gasteiger partial charge in [-0.05, 0) is 67.5 Å². The van der Waals surface area contributed by atoms with Gasteiger partial charge in [-0.1, -0.05) is 42.5 Å². The summed E-state index contributed by atoms with van der Waals surface area (Å²) in [7, 11) is 0. The quantitative estimate of drug-likeness (QED) is 0.132. The number of carbonyl (C=O) groups excluding carboxylic acids is 2. The molecule has 42 heavy (non-hydrogen) atoms. The van der Waals surface area contributed by atoms with Gasteiger partial charge in [0.2, 0.25) is 0 Å². The molecule has 3 aromatic carbocycles. The largest absolute Gasteiger partial charge is 0.489 e. The Bertz CT molecular complexity index is 1560. The summed E-state index contributed by atoms with van der Waals surface area (Å²) in [6.45, 7) is 3.74. The van der Waals surface area contributed by atoms with E-state index in [9.17, 15) is 9.59 Å². The average Bonchev–Trinajstić information content (AvgIpc) is 2.99. The number of carbonyl (C=O) groups is 2. The molecule has 1 heterocycles. The van der Waals surface area contributed by atoms with Crippen molar-refractivity contribution in [3.8, 4) is 17.6 Å². The summed E-state index contributed by atoms with van der Waals surface area (Å²) in [5.74, 6) is 0.0844. The van der Waals surface area contributed by atoms with Gasteiger partial charge >= 0.3 is 5.97 Å². The van der Waals surface area contributed by atoms with Crippen LogP contribution in [0.5, 0.6) is 11.5 Å². The second-order valence-electron chi connectivity index (χ2n) is 9.08. The molecule has 0 bridgehead atoms. The molecule has 1 atom stereocenters. The number of rotatable bonds is 11. The number of benzene rings is 3. The van der Waals surface area contributed by atoms with Gasteiger partial charge in [-0.15, -0.1) is 0 Å². The van der Waals surface area contributed by atoms with Gasteiger partial charge in [0.05, 0.1) is 36.1 Å². The molecule has 10 nitrogen and oxygen atoms in total. The van der Waals surface area contributed by atoms with E-state index >= 15 is 0 Å².